The number of aryl methyl sites for hydroxylation is 1. The third-order valence-electron chi connectivity index (χ3n) is 7.72. The smallest absolute Gasteiger partial charge is 0.359 e. The van der Waals surface area contributed by atoms with E-state index in [0.29, 0.717) is 36.3 Å². The Balaban J connectivity index is 1.20. The minimum absolute atomic E-state index is 0.153. The topological polar surface area (TPSA) is 66.6 Å². The number of anilines is 1. The summed E-state index contributed by atoms with van der Waals surface area (Å²) in [7, 11) is 3.52. The molecule has 11 heteroatoms. The second-order valence-corrected chi connectivity index (χ2v) is 9.90. The minimum atomic E-state index is -4.40. The van der Waals surface area contributed by atoms with Gasteiger partial charge in [-0.25, -0.2) is 14.4 Å². The van der Waals surface area contributed by atoms with Crippen molar-refractivity contribution in [2.75, 3.05) is 25.0 Å². The van der Waals surface area contributed by atoms with Crippen molar-refractivity contribution < 1.29 is 17.6 Å². The van der Waals surface area contributed by atoms with Crippen molar-refractivity contribution in [1.29, 1.82) is 0 Å². The molecule has 0 N–H and O–H groups in total. The van der Waals surface area contributed by atoms with Gasteiger partial charge in [0.05, 0.1) is 23.1 Å². The van der Waals surface area contributed by atoms with E-state index in [9.17, 15) is 22.4 Å². The molecule has 1 saturated carbocycles. The zero-order valence-corrected chi connectivity index (χ0v) is 20.2. The maximum absolute atomic E-state index is 14.3. The Morgan fingerprint density at radius 1 is 1.08 bits per heavy atom. The minimum Gasteiger partial charge on any atom is -0.359 e. The van der Waals surface area contributed by atoms with Crippen molar-refractivity contribution in [3.8, 4) is 11.3 Å². The van der Waals surface area contributed by atoms with Crippen molar-refractivity contribution in [3.63, 3.8) is 0 Å². The molecular formula is C26H24F4N6O. The zero-order valence-electron chi connectivity index (χ0n) is 20.2. The van der Waals surface area contributed by atoms with Crippen LogP contribution in [0.4, 0.5) is 29.2 Å². The van der Waals surface area contributed by atoms with Crippen molar-refractivity contribution in [2.24, 2.45) is 23.9 Å². The number of piperidine rings is 1. The summed E-state index contributed by atoms with van der Waals surface area (Å²) in [6, 6.07) is 6.73. The lowest BCUT2D eigenvalue weighted by Gasteiger charge is -2.29. The Kier molecular flexibility index (Phi) is 5.36. The van der Waals surface area contributed by atoms with Gasteiger partial charge in [0.2, 0.25) is 5.95 Å². The van der Waals surface area contributed by atoms with Crippen LogP contribution in [0.15, 0.2) is 52.5 Å². The van der Waals surface area contributed by atoms with E-state index >= 15 is 0 Å². The first kappa shape index (κ1) is 23.6. The van der Waals surface area contributed by atoms with Gasteiger partial charge in [-0.3, -0.25) is 14.3 Å². The van der Waals surface area contributed by atoms with Crippen molar-refractivity contribution >= 4 is 17.5 Å². The van der Waals surface area contributed by atoms with Crippen LogP contribution in [0.5, 0.6) is 0 Å². The molecule has 1 aliphatic carbocycles. The largest absolute Gasteiger partial charge is 0.416 e. The lowest BCUT2D eigenvalue weighted by Crippen LogP contribution is -2.38. The molecule has 0 radical (unpaired) electrons. The van der Waals surface area contributed by atoms with Gasteiger partial charge in [0.25, 0.3) is 5.56 Å². The molecule has 0 amide bonds. The average molecular weight is 513 g/mol. The van der Waals surface area contributed by atoms with E-state index in [2.05, 4.69) is 19.9 Å². The first-order valence-electron chi connectivity index (χ1n) is 12.1. The highest BCUT2D eigenvalue weighted by Gasteiger charge is 2.59. The number of rotatable bonds is 3. The van der Waals surface area contributed by atoms with Gasteiger partial charge in [-0.15, -0.1) is 0 Å². The number of benzene rings is 1. The van der Waals surface area contributed by atoms with E-state index in [1.807, 2.05) is 11.9 Å². The van der Waals surface area contributed by atoms with Crippen LogP contribution >= 0.6 is 0 Å². The molecule has 6 rings (SSSR count). The maximum Gasteiger partial charge on any atom is 0.416 e. The van der Waals surface area contributed by atoms with Gasteiger partial charge < -0.3 is 9.80 Å². The van der Waals surface area contributed by atoms with E-state index in [0.717, 1.165) is 42.8 Å². The molecular weight excluding hydrogens is 488 g/mol. The zero-order chi connectivity index (χ0) is 26.1. The molecule has 4 heterocycles. The Morgan fingerprint density at radius 3 is 2.54 bits per heavy atom. The predicted molar refractivity (Wildman–Crippen MR) is 130 cm³/mol. The number of pyridine rings is 1. The van der Waals surface area contributed by atoms with Crippen LogP contribution in [0, 0.1) is 17.7 Å². The highest BCUT2D eigenvalue weighted by atomic mass is 19.4. The van der Waals surface area contributed by atoms with E-state index in [1.54, 1.807) is 7.05 Å². The highest BCUT2D eigenvalue weighted by Crippen LogP contribution is 2.50. The quantitative estimate of drug-likeness (QED) is 0.496. The number of fused-ring (bicyclic) bond motifs is 2. The van der Waals surface area contributed by atoms with Gasteiger partial charge in [0, 0.05) is 69.3 Å². The van der Waals surface area contributed by atoms with E-state index in [1.165, 1.54) is 29.0 Å². The first-order chi connectivity index (χ1) is 17.6. The number of hydrogen-bond acceptors (Lipinski definition) is 6. The lowest BCUT2D eigenvalue weighted by atomic mass is 10.0. The van der Waals surface area contributed by atoms with Crippen LogP contribution in [-0.4, -0.2) is 51.4 Å². The number of amidine groups is 1. The number of likely N-dealkylation sites (tertiary alicyclic amines) is 1. The monoisotopic (exact) mass is 512 g/mol. The van der Waals surface area contributed by atoms with Crippen molar-refractivity contribution in [3.05, 3.63) is 70.0 Å². The van der Waals surface area contributed by atoms with Crippen LogP contribution in [0.3, 0.4) is 0 Å². The van der Waals surface area contributed by atoms with E-state index in [-0.39, 0.29) is 22.9 Å². The number of hydrogen-bond donors (Lipinski definition) is 0. The standard InChI is InChI=1S/C26H24F4N6O/c1-34-23(37)10-21(16-7-8-31-11-19(16)27)33-25(34)35(2)24-17-12-36(13-18(17)24)22-6-4-14-3-5-15(26(28,29)30)9-20(14)32-22/h3,5,7-11,17-18,24H,4,6,12-13H2,1-2H3/t17-,18?,24?/m0/s1. The molecule has 0 spiro atoms. The molecule has 37 heavy (non-hydrogen) atoms. The molecule has 3 aliphatic rings. The molecule has 1 saturated heterocycles. The predicted octanol–water partition coefficient (Wildman–Crippen LogP) is 4.04. The molecule has 2 aliphatic heterocycles. The third kappa shape index (κ3) is 4.06. The number of halogens is 4. The van der Waals surface area contributed by atoms with E-state index in [4.69, 9.17) is 0 Å². The summed E-state index contributed by atoms with van der Waals surface area (Å²) in [5, 5.41) is 0. The molecule has 1 aromatic carbocycles. The van der Waals surface area contributed by atoms with Crippen molar-refractivity contribution in [1.82, 2.24) is 19.4 Å². The van der Waals surface area contributed by atoms with Crippen LogP contribution < -0.4 is 10.5 Å². The van der Waals surface area contributed by atoms with Gasteiger partial charge >= 0.3 is 6.18 Å². The third-order valence-corrected chi connectivity index (χ3v) is 7.72. The highest BCUT2D eigenvalue weighted by molar-refractivity contribution is 5.88. The number of aromatic nitrogens is 3. The molecule has 0 bridgehead atoms. The van der Waals surface area contributed by atoms with E-state index < -0.39 is 17.6 Å². The van der Waals surface area contributed by atoms with Gasteiger partial charge in [-0.05, 0) is 30.2 Å². The SMILES string of the molecule is CN(c1nc(-c2ccncc2F)cc(=O)n1C)C1C2CN(C3=Nc4cc(C(F)(F)F)ccc4CC3)C[C@@H]21. The molecule has 2 fully saturated rings. The summed E-state index contributed by atoms with van der Waals surface area (Å²) >= 11 is 0. The maximum atomic E-state index is 14.3. The molecule has 7 nitrogen and oxygen atoms in total. The van der Waals surface area contributed by atoms with Crippen LogP contribution in [0.25, 0.3) is 11.3 Å². The fourth-order valence-corrected chi connectivity index (χ4v) is 5.70. The Hall–Kier alpha value is -3.76. The van der Waals surface area contributed by atoms with Crippen LogP contribution in [-0.2, 0) is 19.6 Å². The fourth-order valence-electron chi connectivity index (χ4n) is 5.70. The average Bonchev–Trinajstić information content (AvgIpc) is 3.37. The van der Waals surface area contributed by atoms with Crippen LogP contribution in [0.1, 0.15) is 17.5 Å². The molecule has 3 aromatic rings. The Labute approximate surface area is 210 Å². The summed E-state index contributed by atoms with van der Waals surface area (Å²) < 4.78 is 55.2. The summed E-state index contributed by atoms with van der Waals surface area (Å²) in [4.78, 5) is 29.7. The number of nitrogens with zero attached hydrogens (tertiary/aromatic N) is 6. The van der Waals surface area contributed by atoms with Gasteiger partial charge in [0.1, 0.15) is 5.84 Å². The number of aliphatic imine (C=N–C) groups is 1. The van der Waals surface area contributed by atoms with Crippen LogP contribution in [0.2, 0.25) is 0 Å². The normalized spacial score (nSPS) is 22.4. The second-order valence-electron chi connectivity index (χ2n) is 9.90. The Bertz CT molecular complexity index is 1470. The molecule has 2 unspecified atom stereocenters. The van der Waals surface area contributed by atoms with Gasteiger partial charge in [0.15, 0.2) is 5.82 Å². The second kappa shape index (κ2) is 8.39. The van der Waals surface area contributed by atoms with Crippen molar-refractivity contribution in [2.45, 2.75) is 25.1 Å². The Morgan fingerprint density at radius 2 is 1.84 bits per heavy atom. The molecule has 3 atom stereocenters. The molecule has 2 aromatic heterocycles. The van der Waals surface area contributed by atoms with Gasteiger partial charge in [-0.2, -0.15) is 13.2 Å². The van der Waals surface area contributed by atoms with Gasteiger partial charge in [-0.1, -0.05) is 6.07 Å². The molecule has 192 valence electrons. The first-order valence-corrected chi connectivity index (χ1v) is 12.1. The summed E-state index contributed by atoms with van der Waals surface area (Å²) in [5.74, 6) is 1.35. The number of alkyl halides is 3. The summed E-state index contributed by atoms with van der Waals surface area (Å²) in [6.07, 6.45) is -0.505. The summed E-state index contributed by atoms with van der Waals surface area (Å²) in [6.45, 7) is 1.47. The fraction of sp³-hybridized carbons (Fsp3) is 0.385. The lowest BCUT2D eigenvalue weighted by molar-refractivity contribution is -0.137. The summed E-state index contributed by atoms with van der Waals surface area (Å²) in [5.41, 5.74) is 0.721.